The molecule has 0 heterocycles. The number of carbonyl (C=O) groups excluding carboxylic acids is 1. The fraction of sp³-hybridized carbons (Fsp3) is 0.364. The van der Waals surface area contributed by atoms with Gasteiger partial charge in [0.15, 0.2) is 0 Å². The van der Waals surface area contributed by atoms with Crippen molar-refractivity contribution in [1.82, 2.24) is 10.6 Å². The Morgan fingerprint density at radius 2 is 2.00 bits per heavy atom. The van der Waals surface area contributed by atoms with Gasteiger partial charge in [-0.15, -0.1) is 0 Å². The zero-order valence-electron chi connectivity index (χ0n) is 9.13. The summed E-state index contributed by atoms with van der Waals surface area (Å²) >= 11 is 3.35. The van der Waals surface area contributed by atoms with Crippen LogP contribution in [0, 0.1) is 0 Å². The molecule has 88 valence electrons. The third-order valence-corrected chi connectivity index (χ3v) is 2.49. The van der Waals surface area contributed by atoms with Crippen LogP contribution in [-0.2, 0) is 11.3 Å². The maximum Gasteiger partial charge on any atom is 0.315 e. The molecule has 2 amide bonds. The topological polar surface area (TPSA) is 50.4 Å². The van der Waals surface area contributed by atoms with Gasteiger partial charge in [0.05, 0.1) is 6.61 Å². The van der Waals surface area contributed by atoms with Crippen LogP contribution in [0.4, 0.5) is 4.79 Å². The second-order valence-corrected chi connectivity index (χ2v) is 4.14. The molecule has 0 fully saturated rings. The van der Waals surface area contributed by atoms with Crippen LogP contribution >= 0.6 is 15.9 Å². The van der Waals surface area contributed by atoms with E-state index in [1.807, 2.05) is 24.3 Å². The van der Waals surface area contributed by atoms with Crippen LogP contribution < -0.4 is 10.6 Å². The van der Waals surface area contributed by atoms with Crippen LogP contribution in [0.2, 0.25) is 0 Å². The molecule has 0 atom stereocenters. The van der Waals surface area contributed by atoms with Gasteiger partial charge in [0.1, 0.15) is 0 Å². The lowest BCUT2D eigenvalue weighted by molar-refractivity contribution is 0.196. The Labute approximate surface area is 103 Å². The summed E-state index contributed by atoms with van der Waals surface area (Å²) in [4.78, 5) is 11.3. The van der Waals surface area contributed by atoms with Crippen molar-refractivity contribution in [3.63, 3.8) is 0 Å². The summed E-state index contributed by atoms with van der Waals surface area (Å²) < 4.78 is 5.85. The van der Waals surface area contributed by atoms with E-state index in [1.165, 1.54) is 0 Å². The lowest BCUT2D eigenvalue weighted by atomic mass is 10.2. The number of hydrogen-bond donors (Lipinski definition) is 2. The standard InChI is InChI=1S/C11H15BrN2O2/c1-16-7-6-13-11(15)14-8-9-2-4-10(12)5-3-9/h2-5H,6-8H2,1H3,(H2,13,14,15). The minimum atomic E-state index is -0.181. The number of rotatable bonds is 5. The van der Waals surface area contributed by atoms with E-state index in [2.05, 4.69) is 26.6 Å². The highest BCUT2D eigenvalue weighted by atomic mass is 79.9. The molecule has 0 unspecified atom stereocenters. The van der Waals surface area contributed by atoms with E-state index in [-0.39, 0.29) is 6.03 Å². The molecule has 0 aliphatic carbocycles. The van der Waals surface area contributed by atoms with E-state index in [0.29, 0.717) is 19.7 Å². The summed E-state index contributed by atoms with van der Waals surface area (Å²) in [6.45, 7) is 1.56. The van der Waals surface area contributed by atoms with Crippen molar-refractivity contribution in [2.75, 3.05) is 20.3 Å². The fourth-order valence-electron chi connectivity index (χ4n) is 1.11. The minimum absolute atomic E-state index is 0.181. The molecule has 1 aromatic rings. The highest BCUT2D eigenvalue weighted by molar-refractivity contribution is 9.10. The van der Waals surface area contributed by atoms with Crippen LogP contribution in [0.1, 0.15) is 5.56 Å². The molecule has 1 rings (SSSR count). The van der Waals surface area contributed by atoms with E-state index in [1.54, 1.807) is 7.11 Å². The molecule has 0 aromatic heterocycles. The zero-order chi connectivity index (χ0) is 11.8. The molecule has 0 saturated carbocycles. The monoisotopic (exact) mass is 286 g/mol. The van der Waals surface area contributed by atoms with Gasteiger partial charge in [-0.2, -0.15) is 0 Å². The van der Waals surface area contributed by atoms with Gasteiger partial charge in [0.2, 0.25) is 0 Å². The van der Waals surface area contributed by atoms with Crippen molar-refractivity contribution < 1.29 is 9.53 Å². The summed E-state index contributed by atoms with van der Waals surface area (Å²) in [5.41, 5.74) is 1.06. The second kappa shape index (κ2) is 7.24. The maximum absolute atomic E-state index is 11.3. The van der Waals surface area contributed by atoms with Gasteiger partial charge < -0.3 is 15.4 Å². The number of amides is 2. The number of methoxy groups -OCH3 is 1. The quantitative estimate of drug-likeness (QED) is 0.813. The molecule has 2 N–H and O–H groups in total. The number of carbonyl (C=O) groups is 1. The van der Waals surface area contributed by atoms with Crippen LogP contribution in [-0.4, -0.2) is 26.3 Å². The first-order valence-corrected chi connectivity index (χ1v) is 5.77. The van der Waals surface area contributed by atoms with Crippen LogP contribution in [0.25, 0.3) is 0 Å². The Kier molecular flexibility index (Phi) is 5.88. The fourth-order valence-corrected chi connectivity index (χ4v) is 1.38. The summed E-state index contributed by atoms with van der Waals surface area (Å²) in [6.07, 6.45) is 0. The summed E-state index contributed by atoms with van der Waals surface area (Å²) in [7, 11) is 1.60. The maximum atomic E-state index is 11.3. The first kappa shape index (κ1) is 13.0. The Morgan fingerprint density at radius 1 is 1.31 bits per heavy atom. The van der Waals surface area contributed by atoms with Gasteiger partial charge in [-0.3, -0.25) is 0 Å². The molecular formula is C11H15BrN2O2. The highest BCUT2D eigenvalue weighted by Crippen LogP contribution is 2.09. The van der Waals surface area contributed by atoms with Crippen LogP contribution in [0.3, 0.4) is 0 Å². The first-order chi connectivity index (χ1) is 7.72. The van der Waals surface area contributed by atoms with Crippen LogP contribution in [0.15, 0.2) is 28.7 Å². The molecule has 5 heteroatoms. The van der Waals surface area contributed by atoms with E-state index in [0.717, 1.165) is 10.0 Å². The molecule has 0 radical (unpaired) electrons. The van der Waals surface area contributed by atoms with Crippen molar-refractivity contribution in [1.29, 1.82) is 0 Å². The van der Waals surface area contributed by atoms with Crippen molar-refractivity contribution in [2.45, 2.75) is 6.54 Å². The molecule has 16 heavy (non-hydrogen) atoms. The smallest absolute Gasteiger partial charge is 0.315 e. The van der Waals surface area contributed by atoms with Gasteiger partial charge in [0, 0.05) is 24.7 Å². The van der Waals surface area contributed by atoms with Gasteiger partial charge in [-0.25, -0.2) is 4.79 Å². The van der Waals surface area contributed by atoms with E-state index in [4.69, 9.17) is 4.74 Å². The van der Waals surface area contributed by atoms with Crippen molar-refractivity contribution in [3.8, 4) is 0 Å². The number of urea groups is 1. The second-order valence-electron chi connectivity index (χ2n) is 3.23. The third kappa shape index (κ3) is 5.14. The van der Waals surface area contributed by atoms with E-state index in [9.17, 15) is 4.79 Å². The number of halogens is 1. The number of ether oxygens (including phenoxy) is 1. The van der Waals surface area contributed by atoms with Gasteiger partial charge in [-0.1, -0.05) is 28.1 Å². The SMILES string of the molecule is COCCNC(=O)NCc1ccc(Br)cc1. The third-order valence-electron chi connectivity index (χ3n) is 1.96. The van der Waals surface area contributed by atoms with Gasteiger partial charge in [-0.05, 0) is 17.7 Å². The average Bonchev–Trinajstić information content (AvgIpc) is 2.29. The molecule has 0 bridgehead atoms. The zero-order valence-corrected chi connectivity index (χ0v) is 10.7. The molecule has 0 spiro atoms. The van der Waals surface area contributed by atoms with Gasteiger partial charge >= 0.3 is 6.03 Å². The number of hydrogen-bond acceptors (Lipinski definition) is 2. The molecule has 0 saturated heterocycles. The van der Waals surface area contributed by atoms with Crippen molar-refractivity contribution in [2.24, 2.45) is 0 Å². The Hall–Kier alpha value is -1.07. The minimum Gasteiger partial charge on any atom is -0.383 e. The summed E-state index contributed by atoms with van der Waals surface area (Å²) in [6, 6.07) is 7.62. The summed E-state index contributed by atoms with van der Waals surface area (Å²) in [5, 5.41) is 5.44. The predicted molar refractivity (Wildman–Crippen MR) is 66.3 cm³/mol. The molecule has 1 aromatic carbocycles. The molecule has 0 aliphatic heterocycles. The predicted octanol–water partition coefficient (Wildman–Crippen LogP) is 1.89. The van der Waals surface area contributed by atoms with Crippen LogP contribution in [0.5, 0.6) is 0 Å². The number of benzene rings is 1. The lowest BCUT2D eigenvalue weighted by Gasteiger charge is -2.07. The molecule has 0 aliphatic rings. The number of nitrogens with one attached hydrogen (secondary N) is 2. The van der Waals surface area contributed by atoms with E-state index < -0.39 is 0 Å². The normalized spacial score (nSPS) is 9.88. The average molecular weight is 287 g/mol. The van der Waals surface area contributed by atoms with E-state index >= 15 is 0 Å². The van der Waals surface area contributed by atoms with Crippen molar-refractivity contribution in [3.05, 3.63) is 34.3 Å². The lowest BCUT2D eigenvalue weighted by Crippen LogP contribution is -2.36. The summed E-state index contributed by atoms with van der Waals surface area (Å²) in [5.74, 6) is 0. The van der Waals surface area contributed by atoms with Gasteiger partial charge in [0.25, 0.3) is 0 Å². The first-order valence-electron chi connectivity index (χ1n) is 4.97. The Balaban J connectivity index is 2.23. The Bertz CT molecular complexity index is 327. The highest BCUT2D eigenvalue weighted by Gasteiger charge is 1.99. The molecule has 4 nitrogen and oxygen atoms in total. The largest absolute Gasteiger partial charge is 0.383 e. The molecular weight excluding hydrogens is 272 g/mol. The van der Waals surface area contributed by atoms with Crippen molar-refractivity contribution >= 4 is 22.0 Å². The Morgan fingerprint density at radius 3 is 2.62 bits per heavy atom.